The minimum Gasteiger partial charge on any atom is -0.457 e. The zero-order valence-corrected chi connectivity index (χ0v) is 23.2. The Labute approximate surface area is 182 Å². The molecule has 0 amide bonds. The second-order valence-electron chi connectivity index (χ2n) is 10.8. The third kappa shape index (κ3) is 5.36. The molecule has 0 aliphatic carbocycles. The third-order valence-electron chi connectivity index (χ3n) is 7.33. The lowest BCUT2D eigenvalue weighted by Gasteiger charge is -2.45. The van der Waals surface area contributed by atoms with E-state index >= 15 is 0 Å². The second kappa shape index (κ2) is 10.4. The van der Waals surface area contributed by atoms with Crippen molar-refractivity contribution in [1.82, 2.24) is 0 Å². The lowest BCUT2D eigenvalue weighted by molar-refractivity contribution is -0.143. The van der Waals surface area contributed by atoms with Crippen LogP contribution >= 0.6 is 0 Å². The summed E-state index contributed by atoms with van der Waals surface area (Å²) in [6.45, 7) is 27.9. The largest absolute Gasteiger partial charge is 0.457 e. The molecule has 0 aromatic heterocycles. The summed E-state index contributed by atoms with van der Waals surface area (Å²) in [4.78, 5) is 12.3. The summed E-state index contributed by atoms with van der Waals surface area (Å²) >= 11 is 0. The van der Waals surface area contributed by atoms with Crippen molar-refractivity contribution in [3.05, 3.63) is 0 Å². The Morgan fingerprint density at radius 2 is 1.14 bits per heavy atom. The van der Waals surface area contributed by atoms with Crippen molar-refractivity contribution in [2.24, 2.45) is 0 Å². The van der Waals surface area contributed by atoms with Crippen molar-refractivity contribution in [2.45, 2.75) is 135 Å². The number of carbonyl (C=O) groups is 1. The van der Waals surface area contributed by atoms with Gasteiger partial charge in [-0.05, 0) is 33.2 Å². The van der Waals surface area contributed by atoms with Gasteiger partial charge in [0.1, 0.15) is 6.10 Å². The van der Waals surface area contributed by atoms with Crippen LogP contribution in [0.1, 0.15) is 89.5 Å². The first-order valence-electron chi connectivity index (χ1n) is 11.7. The highest BCUT2D eigenvalue weighted by molar-refractivity contribution is 6.78. The number of hydrogen-bond acceptors (Lipinski definition) is 4. The van der Waals surface area contributed by atoms with Crippen LogP contribution in [-0.2, 0) is 18.4 Å². The summed E-state index contributed by atoms with van der Waals surface area (Å²) in [5.74, 6) is -0.145. The molecule has 0 unspecified atom stereocenters. The quantitative estimate of drug-likeness (QED) is 0.253. The molecule has 4 nitrogen and oxygen atoms in total. The first-order valence-corrected chi connectivity index (χ1v) is 16.0. The molecule has 172 valence electrons. The Hall–Kier alpha value is -0.176. The Morgan fingerprint density at radius 3 is 1.48 bits per heavy atom. The van der Waals surface area contributed by atoms with Crippen LogP contribution in [0.4, 0.5) is 0 Å². The molecular weight excluding hydrogens is 396 g/mol. The molecule has 0 aromatic carbocycles. The fourth-order valence-electron chi connectivity index (χ4n) is 6.24. The van der Waals surface area contributed by atoms with Gasteiger partial charge in [0.25, 0.3) is 0 Å². The van der Waals surface area contributed by atoms with Crippen molar-refractivity contribution < 1.29 is 18.4 Å². The maximum absolute atomic E-state index is 12.3. The molecule has 0 N–H and O–H groups in total. The van der Waals surface area contributed by atoms with E-state index in [0.717, 1.165) is 0 Å². The number of cyclic esters (lactones) is 1. The Morgan fingerprint density at radius 1 is 0.759 bits per heavy atom. The highest BCUT2D eigenvalue weighted by Gasteiger charge is 2.51. The predicted molar refractivity (Wildman–Crippen MR) is 127 cm³/mol. The average molecular weight is 445 g/mol. The first-order chi connectivity index (χ1) is 13.2. The van der Waals surface area contributed by atoms with Gasteiger partial charge in [-0.2, -0.15) is 0 Å². The zero-order chi connectivity index (χ0) is 22.7. The van der Waals surface area contributed by atoms with E-state index in [1.807, 2.05) is 0 Å². The van der Waals surface area contributed by atoms with Crippen molar-refractivity contribution in [2.75, 3.05) is 6.61 Å². The molecule has 1 fully saturated rings. The van der Waals surface area contributed by atoms with Crippen LogP contribution < -0.4 is 0 Å². The van der Waals surface area contributed by atoms with Gasteiger partial charge < -0.3 is 13.6 Å². The SMILES string of the molecule is CC(C)[Si](OC[C@H]1OC(=O)C[C@@H]1O[Si](C(C)C)(C(C)C)C(C)C)(C(C)C)C(C)C. The van der Waals surface area contributed by atoms with Gasteiger partial charge in [-0.3, -0.25) is 4.79 Å². The van der Waals surface area contributed by atoms with Crippen LogP contribution in [0.25, 0.3) is 0 Å². The lowest BCUT2D eigenvalue weighted by atomic mass is 10.2. The van der Waals surface area contributed by atoms with Crippen molar-refractivity contribution in [3.63, 3.8) is 0 Å². The van der Waals surface area contributed by atoms with Gasteiger partial charge in [-0.25, -0.2) is 0 Å². The highest BCUT2D eigenvalue weighted by Crippen LogP contribution is 2.45. The molecule has 0 saturated carbocycles. The van der Waals surface area contributed by atoms with E-state index < -0.39 is 16.6 Å². The maximum atomic E-state index is 12.3. The molecule has 1 rings (SSSR count). The molecule has 0 bridgehead atoms. The van der Waals surface area contributed by atoms with Gasteiger partial charge >= 0.3 is 5.97 Å². The van der Waals surface area contributed by atoms with Crippen LogP contribution in [0, 0.1) is 0 Å². The number of esters is 1. The van der Waals surface area contributed by atoms with E-state index in [0.29, 0.717) is 46.3 Å². The molecule has 0 radical (unpaired) electrons. The fraction of sp³-hybridized carbons (Fsp3) is 0.957. The predicted octanol–water partition coefficient (Wildman–Crippen LogP) is 7.05. The average Bonchev–Trinajstić information content (AvgIpc) is 2.90. The van der Waals surface area contributed by atoms with Crippen molar-refractivity contribution in [1.29, 1.82) is 0 Å². The smallest absolute Gasteiger partial charge is 0.308 e. The van der Waals surface area contributed by atoms with Crippen LogP contribution in [0.3, 0.4) is 0 Å². The minimum atomic E-state index is -2.08. The van der Waals surface area contributed by atoms with Gasteiger partial charge in [0.15, 0.2) is 0 Å². The monoisotopic (exact) mass is 444 g/mol. The van der Waals surface area contributed by atoms with Gasteiger partial charge in [0.05, 0.1) is 19.1 Å². The number of carbonyl (C=O) groups excluding carboxylic acids is 1. The summed E-state index contributed by atoms with van der Waals surface area (Å²) in [5.41, 5.74) is 2.97. The Bertz CT molecular complexity index is 485. The first kappa shape index (κ1) is 26.9. The standard InChI is InChI=1S/C23H48O4Si2/c1-15(2)28(16(3)4,17(5)6)25-14-22-21(13-23(24)26-22)27-29(18(7)8,19(9)10)20(11)12/h15-22H,13-14H2,1-12H3/t21-,22+/m0/s1. The third-order valence-corrected chi connectivity index (χ3v) is 19.5. The van der Waals surface area contributed by atoms with E-state index in [4.69, 9.17) is 13.6 Å². The van der Waals surface area contributed by atoms with E-state index in [9.17, 15) is 4.79 Å². The molecule has 6 heteroatoms. The van der Waals surface area contributed by atoms with Crippen LogP contribution in [0.5, 0.6) is 0 Å². The normalized spacial score (nSPS) is 21.5. The summed E-state index contributed by atoms with van der Waals surface area (Å²) in [6.07, 6.45) is -0.109. The molecule has 1 saturated heterocycles. The fourth-order valence-corrected chi connectivity index (χ4v) is 17.3. The van der Waals surface area contributed by atoms with E-state index in [-0.39, 0.29) is 18.2 Å². The van der Waals surface area contributed by atoms with E-state index in [1.54, 1.807) is 0 Å². The van der Waals surface area contributed by atoms with Crippen LogP contribution in [0.15, 0.2) is 0 Å². The van der Waals surface area contributed by atoms with Crippen molar-refractivity contribution in [3.8, 4) is 0 Å². The maximum Gasteiger partial charge on any atom is 0.308 e. The molecule has 1 heterocycles. The lowest BCUT2D eigenvalue weighted by Crippen LogP contribution is -2.53. The molecule has 29 heavy (non-hydrogen) atoms. The minimum absolute atomic E-state index is 0.145. The van der Waals surface area contributed by atoms with E-state index in [1.165, 1.54) is 0 Å². The van der Waals surface area contributed by atoms with Crippen LogP contribution in [0.2, 0.25) is 33.2 Å². The van der Waals surface area contributed by atoms with Gasteiger partial charge in [0, 0.05) is 0 Å². The molecule has 0 aromatic rings. The zero-order valence-electron chi connectivity index (χ0n) is 21.2. The number of hydrogen-bond donors (Lipinski definition) is 0. The van der Waals surface area contributed by atoms with Gasteiger partial charge in [-0.1, -0.05) is 83.1 Å². The second-order valence-corrected chi connectivity index (χ2v) is 21.7. The van der Waals surface area contributed by atoms with Gasteiger partial charge in [0.2, 0.25) is 16.6 Å². The Kier molecular flexibility index (Phi) is 9.65. The summed E-state index contributed by atoms with van der Waals surface area (Å²) < 4.78 is 19.5. The number of ether oxygens (including phenoxy) is 1. The summed E-state index contributed by atoms with van der Waals surface area (Å²) in [6, 6.07) is 0. The molecule has 1 aliphatic rings. The molecular formula is C23H48O4Si2. The highest BCUT2D eigenvalue weighted by atomic mass is 28.4. The Balaban J connectivity index is 3.11. The molecule has 1 aliphatic heterocycles. The van der Waals surface area contributed by atoms with E-state index in [2.05, 4.69) is 83.1 Å². The summed E-state index contributed by atoms with van der Waals surface area (Å²) in [5, 5.41) is 0. The topological polar surface area (TPSA) is 44.8 Å². The summed E-state index contributed by atoms with van der Waals surface area (Å²) in [7, 11) is -4.09. The van der Waals surface area contributed by atoms with Crippen LogP contribution in [-0.4, -0.2) is 41.4 Å². The number of rotatable bonds is 11. The van der Waals surface area contributed by atoms with Gasteiger partial charge in [-0.15, -0.1) is 0 Å². The molecule has 0 spiro atoms. The van der Waals surface area contributed by atoms with Crippen molar-refractivity contribution >= 4 is 22.6 Å². The molecule has 2 atom stereocenters.